The molecule has 1 fully saturated rings. The summed E-state index contributed by atoms with van der Waals surface area (Å²) in [7, 11) is 0.284. The molecule has 1 amide bonds. The van der Waals surface area contributed by atoms with Crippen LogP contribution in [0.1, 0.15) is 27.2 Å². The Balaban J connectivity index is 2.89. The second-order valence-corrected chi connectivity index (χ2v) is 9.10. The van der Waals surface area contributed by atoms with Gasteiger partial charge in [-0.3, -0.25) is 4.79 Å². The van der Waals surface area contributed by atoms with Crippen molar-refractivity contribution in [3.05, 3.63) is 0 Å². The summed E-state index contributed by atoms with van der Waals surface area (Å²) in [4.78, 5) is 19.5. The number of nitrogens with one attached hydrogen (secondary N) is 1. The molecule has 1 saturated heterocycles. The molecule has 0 unspecified atom stereocenters. The van der Waals surface area contributed by atoms with Crippen molar-refractivity contribution < 1.29 is 13.2 Å². The van der Waals surface area contributed by atoms with E-state index in [1.165, 1.54) is 4.90 Å². The molecule has 8 heteroatoms. The third-order valence-electron chi connectivity index (χ3n) is 3.74. The van der Waals surface area contributed by atoms with E-state index in [1.807, 2.05) is 11.8 Å². The van der Waals surface area contributed by atoms with E-state index in [0.29, 0.717) is 19.0 Å². The van der Waals surface area contributed by atoms with Gasteiger partial charge in [0, 0.05) is 33.7 Å². The Morgan fingerprint density at radius 3 is 2.50 bits per heavy atom. The van der Waals surface area contributed by atoms with Crippen molar-refractivity contribution in [3.8, 4) is 0 Å². The summed E-state index contributed by atoms with van der Waals surface area (Å²) < 4.78 is 23.4. The van der Waals surface area contributed by atoms with Crippen LogP contribution in [0.3, 0.4) is 0 Å². The molecule has 0 bridgehead atoms. The summed E-state index contributed by atoms with van der Waals surface area (Å²) in [6, 6.07) is 0. The molecule has 1 heterocycles. The van der Waals surface area contributed by atoms with Crippen molar-refractivity contribution in [2.45, 2.75) is 31.9 Å². The van der Waals surface area contributed by atoms with Gasteiger partial charge in [-0.2, -0.15) is 0 Å². The monoisotopic (exact) mass is 332 g/mol. The fraction of sp³-hybridized carbons (Fsp3) is 0.857. The van der Waals surface area contributed by atoms with E-state index in [1.54, 1.807) is 27.9 Å². The lowest BCUT2D eigenvalue weighted by atomic mass is 10.2. The molecule has 0 radical (unpaired) electrons. The smallest absolute Gasteiger partial charge is 0.243 e. The van der Waals surface area contributed by atoms with Crippen molar-refractivity contribution in [3.63, 3.8) is 0 Å². The number of likely N-dealkylation sites (N-methyl/N-ethyl adjacent to an activating group) is 1. The van der Waals surface area contributed by atoms with Crippen LogP contribution in [0.4, 0.5) is 0 Å². The highest BCUT2D eigenvalue weighted by molar-refractivity contribution is 7.92. The van der Waals surface area contributed by atoms with Crippen LogP contribution in [0.25, 0.3) is 0 Å². The quantitative estimate of drug-likeness (QED) is 0.576. The molecule has 1 rings (SSSR count). The van der Waals surface area contributed by atoms with Gasteiger partial charge in [0.05, 0.1) is 10.5 Å². The van der Waals surface area contributed by atoms with Crippen LogP contribution >= 0.6 is 0 Å². The van der Waals surface area contributed by atoms with Crippen molar-refractivity contribution in [1.82, 2.24) is 15.1 Å². The van der Waals surface area contributed by atoms with Gasteiger partial charge < -0.3 is 15.1 Å². The molecule has 0 aromatic rings. The molecular formula is C14H28N4O3S. The Labute approximate surface area is 133 Å². The van der Waals surface area contributed by atoms with Gasteiger partial charge in [0.2, 0.25) is 5.91 Å². The maximum atomic E-state index is 12.1. The number of hydrogen-bond donors (Lipinski definition) is 1. The first-order valence-corrected chi connectivity index (χ1v) is 9.21. The summed E-state index contributed by atoms with van der Waals surface area (Å²) in [6.07, 6.45) is 0.927. The Kier molecular flexibility index (Phi) is 6.22. The Morgan fingerprint density at radius 1 is 1.36 bits per heavy atom. The van der Waals surface area contributed by atoms with E-state index in [2.05, 4.69) is 10.3 Å². The number of nitrogens with zero attached hydrogens (tertiary/aromatic N) is 3. The van der Waals surface area contributed by atoms with E-state index >= 15 is 0 Å². The number of aliphatic imine (C=N–C) groups is 1. The molecular weight excluding hydrogens is 304 g/mol. The van der Waals surface area contributed by atoms with E-state index in [-0.39, 0.29) is 18.2 Å². The lowest BCUT2D eigenvalue weighted by Crippen LogP contribution is -2.57. The third-order valence-corrected chi connectivity index (χ3v) is 6.27. The normalized spacial score (nSPS) is 20.6. The minimum atomic E-state index is -3.09. The molecule has 1 N–H and O–H groups in total. The third kappa shape index (κ3) is 4.59. The first-order valence-electron chi connectivity index (χ1n) is 7.56. The zero-order valence-electron chi connectivity index (χ0n) is 14.2. The number of guanidine groups is 1. The fourth-order valence-corrected chi connectivity index (χ4v) is 3.48. The van der Waals surface area contributed by atoms with Crippen molar-refractivity contribution in [2.24, 2.45) is 4.99 Å². The highest BCUT2D eigenvalue weighted by atomic mass is 32.2. The Morgan fingerprint density at radius 2 is 2.00 bits per heavy atom. The highest BCUT2D eigenvalue weighted by Gasteiger charge is 2.41. The summed E-state index contributed by atoms with van der Waals surface area (Å²) in [6.45, 7) is 7.08. The van der Waals surface area contributed by atoms with Crippen LogP contribution in [0.2, 0.25) is 0 Å². The van der Waals surface area contributed by atoms with Crippen LogP contribution < -0.4 is 5.32 Å². The summed E-state index contributed by atoms with van der Waals surface area (Å²) in [5, 5.41) is 3.21. The second kappa shape index (κ2) is 7.30. The van der Waals surface area contributed by atoms with Gasteiger partial charge in [-0.05, 0) is 20.3 Å². The first-order chi connectivity index (χ1) is 10.1. The molecule has 0 aromatic carbocycles. The molecule has 22 heavy (non-hydrogen) atoms. The van der Waals surface area contributed by atoms with Crippen molar-refractivity contribution >= 4 is 21.7 Å². The molecule has 0 saturated carbocycles. The van der Waals surface area contributed by atoms with Gasteiger partial charge in [0.1, 0.15) is 6.54 Å². The number of hydrogen-bond acceptors (Lipinski definition) is 4. The van der Waals surface area contributed by atoms with Gasteiger partial charge in [-0.1, -0.05) is 6.92 Å². The Bertz CT molecular complexity index is 526. The van der Waals surface area contributed by atoms with Crippen molar-refractivity contribution in [2.75, 3.05) is 46.0 Å². The molecule has 0 spiro atoms. The van der Waals surface area contributed by atoms with E-state index in [0.717, 1.165) is 13.0 Å². The number of rotatable bonds is 4. The topological polar surface area (TPSA) is 82.1 Å². The van der Waals surface area contributed by atoms with Gasteiger partial charge >= 0.3 is 0 Å². The standard InChI is InChI=1S/C14H28N4O3S/c1-6-7-15-13(16-10-12(19)17(4)5)18-8-9-22(20,21)14(2,3)11-18/h6-11H2,1-5H3,(H,15,16). The van der Waals surface area contributed by atoms with Crippen LogP contribution in [0.15, 0.2) is 4.99 Å². The summed E-state index contributed by atoms with van der Waals surface area (Å²) in [5.74, 6) is 0.633. The zero-order valence-corrected chi connectivity index (χ0v) is 15.0. The average Bonchev–Trinajstić information content (AvgIpc) is 2.42. The minimum Gasteiger partial charge on any atom is -0.356 e. The van der Waals surface area contributed by atoms with E-state index in [9.17, 15) is 13.2 Å². The van der Waals surface area contributed by atoms with Crippen LogP contribution in [0.5, 0.6) is 0 Å². The molecule has 7 nitrogen and oxygen atoms in total. The summed E-state index contributed by atoms with van der Waals surface area (Å²) in [5.41, 5.74) is 0. The van der Waals surface area contributed by atoms with Gasteiger partial charge in [0.25, 0.3) is 0 Å². The zero-order chi connectivity index (χ0) is 17.0. The molecule has 128 valence electrons. The van der Waals surface area contributed by atoms with Crippen LogP contribution in [0, 0.1) is 0 Å². The number of sulfone groups is 1. The molecule has 1 aliphatic heterocycles. The van der Waals surface area contributed by atoms with E-state index < -0.39 is 14.6 Å². The summed E-state index contributed by atoms with van der Waals surface area (Å²) >= 11 is 0. The lowest BCUT2D eigenvalue weighted by Gasteiger charge is -2.39. The maximum absolute atomic E-state index is 12.1. The minimum absolute atomic E-state index is 0.0583. The molecule has 0 aliphatic carbocycles. The van der Waals surface area contributed by atoms with E-state index in [4.69, 9.17) is 0 Å². The number of amides is 1. The Hall–Kier alpha value is -1.31. The lowest BCUT2D eigenvalue weighted by molar-refractivity contribution is -0.127. The van der Waals surface area contributed by atoms with Crippen molar-refractivity contribution in [1.29, 1.82) is 0 Å². The predicted octanol–water partition coefficient (Wildman–Crippen LogP) is -0.0608. The number of carbonyl (C=O) groups excluding carboxylic acids is 1. The van der Waals surface area contributed by atoms with Crippen LogP contribution in [-0.4, -0.2) is 80.9 Å². The van der Waals surface area contributed by atoms with Gasteiger partial charge in [-0.15, -0.1) is 0 Å². The molecule has 1 aliphatic rings. The van der Waals surface area contributed by atoms with Gasteiger partial charge in [-0.25, -0.2) is 13.4 Å². The first kappa shape index (κ1) is 18.7. The van der Waals surface area contributed by atoms with Crippen LogP contribution in [-0.2, 0) is 14.6 Å². The SMILES string of the molecule is CCCNC(=NCC(=O)N(C)C)N1CCS(=O)(=O)C(C)(C)C1. The number of carbonyl (C=O) groups is 1. The largest absolute Gasteiger partial charge is 0.356 e. The molecule has 0 atom stereocenters. The average molecular weight is 332 g/mol. The highest BCUT2D eigenvalue weighted by Crippen LogP contribution is 2.23. The maximum Gasteiger partial charge on any atom is 0.243 e. The second-order valence-electron chi connectivity index (χ2n) is 6.35. The fourth-order valence-electron chi connectivity index (χ4n) is 2.11. The predicted molar refractivity (Wildman–Crippen MR) is 88.7 cm³/mol. The van der Waals surface area contributed by atoms with Gasteiger partial charge in [0.15, 0.2) is 15.8 Å². The molecule has 0 aromatic heterocycles.